The van der Waals surface area contributed by atoms with E-state index in [-0.39, 0.29) is 11.6 Å². The van der Waals surface area contributed by atoms with Gasteiger partial charge in [0.05, 0.1) is 22.8 Å². The Balaban J connectivity index is 1.15. The molecule has 4 rings (SSSR count). The summed E-state index contributed by atoms with van der Waals surface area (Å²) in [6, 6.07) is 10.9. The highest BCUT2D eigenvalue weighted by atomic mass is 19.4. The van der Waals surface area contributed by atoms with Crippen LogP contribution in [0.4, 0.5) is 37.7 Å². The van der Waals surface area contributed by atoms with E-state index in [9.17, 15) is 26.3 Å². The Kier molecular flexibility index (Phi) is 8.76. The van der Waals surface area contributed by atoms with Gasteiger partial charge in [0.1, 0.15) is 0 Å². The topological polar surface area (TPSA) is 42.3 Å². The van der Waals surface area contributed by atoms with Gasteiger partial charge in [-0.15, -0.1) is 0 Å². The molecule has 2 aliphatic rings. The Morgan fingerprint density at radius 2 is 1.50 bits per heavy atom. The van der Waals surface area contributed by atoms with Gasteiger partial charge in [0.25, 0.3) is 0 Å². The second-order valence-electron chi connectivity index (χ2n) is 10.2. The number of likely N-dealkylation sites (tertiary alicyclic amines) is 1. The van der Waals surface area contributed by atoms with Crippen molar-refractivity contribution in [3.8, 4) is 6.07 Å². The van der Waals surface area contributed by atoms with Crippen LogP contribution in [-0.2, 0) is 12.4 Å². The van der Waals surface area contributed by atoms with Crippen LogP contribution in [0, 0.1) is 17.2 Å². The highest BCUT2D eigenvalue weighted by molar-refractivity contribution is 5.53. The van der Waals surface area contributed by atoms with E-state index < -0.39 is 23.5 Å². The molecule has 2 saturated heterocycles. The third-order valence-corrected chi connectivity index (χ3v) is 7.66. The Hall–Kier alpha value is -2.93. The molecule has 0 spiro atoms. The quantitative estimate of drug-likeness (QED) is 0.380. The van der Waals surface area contributed by atoms with Gasteiger partial charge in [-0.25, -0.2) is 0 Å². The molecule has 2 fully saturated rings. The molecule has 2 heterocycles. The van der Waals surface area contributed by atoms with Crippen LogP contribution >= 0.6 is 0 Å². The maximum absolute atomic E-state index is 13.2. The number of piperidine rings is 2. The monoisotopic (exact) mass is 538 g/mol. The zero-order valence-corrected chi connectivity index (χ0v) is 21.1. The first-order valence-corrected chi connectivity index (χ1v) is 13.1. The summed E-state index contributed by atoms with van der Waals surface area (Å²) in [5.41, 5.74) is -0.683. The summed E-state index contributed by atoms with van der Waals surface area (Å²) in [6.45, 7) is 4.44. The van der Waals surface area contributed by atoms with Gasteiger partial charge in [-0.2, -0.15) is 31.6 Å². The molecule has 0 radical (unpaired) electrons. The first-order chi connectivity index (χ1) is 18.0. The number of nitrogens with one attached hydrogen (secondary N) is 1. The van der Waals surface area contributed by atoms with Gasteiger partial charge < -0.3 is 15.1 Å². The predicted octanol–water partition coefficient (Wildman–Crippen LogP) is 7.17. The molecule has 0 saturated carbocycles. The number of alkyl halides is 6. The summed E-state index contributed by atoms with van der Waals surface area (Å²) in [5, 5.41) is 12.2. The van der Waals surface area contributed by atoms with Gasteiger partial charge in [0, 0.05) is 43.6 Å². The molecular formula is C28H32F6N4. The van der Waals surface area contributed by atoms with E-state index in [1.54, 1.807) is 18.2 Å². The Morgan fingerprint density at radius 3 is 2.08 bits per heavy atom. The molecule has 0 amide bonds. The SMILES string of the molecule is N#Cc1ccc(NC2CCN(CCCC3CCN(c4ccc(C(F)(F)F)cc4)CC3)CC2)cc1C(F)(F)F. The van der Waals surface area contributed by atoms with Crippen LogP contribution in [0.25, 0.3) is 0 Å². The first kappa shape index (κ1) is 28.1. The molecule has 0 atom stereocenters. The van der Waals surface area contributed by atoms with Crippen molar-refractivity contribution in [2.24, 2.45) is 5.92 Å². The van der Waals surface area contributed by atoms with E-state index in [2.05, 4.69) is 15.1 Å². The number of hydrogen-bond donors (Lipinski definition) is 1. The lowest BCUT2D eigenvalue weighted by Gasteiger charge is -2.35. The van der Waals surface area contributed by atoms with Crippen molar-refractivity contribution >= 4 is 11.4 Å². The molecule has 38 heavy (non-hydrogen) atoms. The number of benzene rings is 2. The maximum Gasteiger partial charge on any atom is 0.417 e. The molecule has 0 aliphatic carbocycles. The number of halogens is 6. The van der Waals surface area contributed by atoms with Crippen molar-refractivity contribution in [3.63, 3.8) is 0 Å². The largest absolute Gasteiger partial charge is 0.417 e. The molecule has 4 nitrogen and oxygen atoms in total. The molecule has 1 N–H and O–H groups in total. The van der Waals surface area contributed by atoms with Crippen molar-refractivity contribution in [2.75, 3.05) is 42.9 Å². The van der Waals surface area contributed by atoms with Gasteiger partial charge in [-0.1, -0.05) is 0 Å². The van der Waals surface area contributed by atoms with Crippen molar-refractivity contribution in [3.05, 3.63) is 59.2 Å². The number of nitrogens with zero attached hydrogens (tertiary/aromatic N) is 3. The van der Waals surface area contributed by atoms with E-state index in [0.717, 1.165) is 95.1 Å². The van der Waals surface area contributed by atoms with Gasteiger partial charge >= 0.3 is 12.4 Å². The van der Waals surface area contributed by atoms with Crippen LogP contribution < -0.4 is 10.2 Å². The van der Waals surface area contributed by atoms with E-state index >= 15 is 0 Å². The second kappa shape index (κ2) is 11.9. The minimum absolute atomic E-state index is 0.0924. The molecule has 10 heteroatoms. The Labute approximate surface area is 219 Å². The van der Waals surface area contributed by atoms with E-state index in [1.807, 2.05) is 0 Å². The lowest BCUT2D eigenvalue weighted by molar-refractivity contribution is -0.138. The van der Waals surface area contributed by atoms with Crippen molar-refractivity contribution < 1.29 is 26.3 Å². The van der Waals surface area contributed by atoms with Crippen LogP contribution in [0.15, 0.2) is 42.5 Å². The molecule has 0 unspecified atom stereocenters. The fourth-order valence-electron chi connectivity index (χ4n) is 5.45. The molecule has 2 aromatic rings. The maximum atomic E-state index is 13.2. The minimum Gasteiger partial charge on any atom is -0.382 e. The Morgan fingerprint density at radius 1 is 0.842 bits per heavy atom. The number of nitriles is 1. The summed E-state index contributed by atoms with van der Waals surface area (Å²) in [7, 11) is 0. The highest BCUT2D eigenvalue weighted by Gasteiger charge is 2.34. The van der Waals surface area contributed by atoms with Gasteiger partial charge in [-0.05, 0) is 93.5 Å². The number of rotatable bonds is 7. The Bertz CT molecular complexity index is 1090. The van der Waals surface area contributed by atoms with Gasteiger partial charge in [0.15, 0.2) is 0 Å². The average molecular weight is 539 g/mol. The molecule has 2 aromatic carbocycles. The summed E-state index contributed by atoms with van der Waals surface area (Å²) in [4.78, 5) is 4.55. The standard InChI is InChI=1S/C28H32F6N4/c29-27(30,31)22-4-7-25(8-5-22)38-16-9-20(10-17-38)2-1-13-37-14-11-23(12-15-37)36-24-6-3-21(19-35)26(18-24)28(32,33)34/h3-8,18,20,23,36H,1-2,9-17H2. The lowest BCUT2D eigenvalue weighted by atomic mass is 9.91. The third-order valence-electron chi connectivity index (χ3n) is 7.66. The molecular weight excluding hydrogens is 506 g/mol. The predicted molar refractivity (Wildman–Crippen MR) is 135 cm³/mol. The van der Waals surface area contributed by atoms with Crippen LogP contribution in [0.3, 0.4) is 0 Å². The molecule has 0 bridgehead atoms. The van der Waals surface area contributed by atoms with Crippen molar-refractivity contribution in [1.82, 2.24) is 4.90 Å². The van der Waals surface area contributed by atoms with Crippen LogP contribution in [0.5, 0.6) is 0 Å². The molecule has 2 aliphatic heterocycles. The van der Waals surface area contributed by atoms with E-state index in [0.29, 0.717) is 11.6 Å². The molecule has 0 aromatic heterocycles. The minimum atomic E-state index is -4.56. The number of anilines is 2. The van der Waals surface area contributed by atoms with Gasteiger partial charge in [0.2, 0.25) is 0 Å². The summed E-state index contributed by atoms with van der Waals surface area (Å²) in [6.07, 6.45) is -2.96. The number of hydrogen-bond acceptors (Lipinski definition) is 4. The van der Waals surface area contributed by atoms with E-state index in [4.69, 9.17) is 5.26 Å². The fraction of sp³-hybridized carbons (Fsp3) is 0.536. The normalized spacial score (nSPS) is 18.4. The smallest absolute Gasteiger partial charge is 0.382 e. The van der Waals surface area contributed by atoms with Crippen LogP contribution in [-0.4, -0.2) is 43.7 Å². The molecule has 206 valence electrons. The van der Waals surface area contributed by atoms with Crippen molar-refractivity contribution in [1.29, 1.82) is 5.26 Å². The lowest BCUT2D eigenvalue weighted by Crippen LogP contribution is -2.39. The third kappa shape index (κ3) is 7.34. The summed E-state index contributed by atoms with van der Waals surface area (Å²) >= 11 is 0. The average Bonchev–Trinajstić information content (AvgIpc) is 2.89. The fourth-order valence-corrected chi connectivity index (χ4v) is 5.45. The summed E-state index contributed by atoms with van der Waals surface area (Å²) in [5.74, 6) is 0.610. The zero-order chi connectivity index (χ0) is 27.3. The zero-order valence-electron chi connectivity index (χ0n) is 21.1. The first-order valence-electron chi connectivity index (χ1n) is 13.1. The summed E-state index contributed by atoms with van der Waals surface area (Å²) < 4.78 is 78.0. The highest BCUT2D eigenvalue weighted by Crippen LogP contribution is 2.34. The van der Waals surface area contributed by atoms with Crippen LogP contribution in [0.2, 0.25) is 0 Å². The van der Waals surface area contributed by atoms with E-state index in [1.165, 1.54) is 12.1 Å². The van der Waals surface area contributed by atoms with Crippen molar-refractivity contribution in [2.45, 2.75) is 56.9 Å². The van der Waals surface area contributed by atoms with Gasteiger partial charge in [-0.3, -0.25) is 0 Å². The van der Waals surface area contributed by atoms with Crippen LogP contribution in [0.1, 0.15) is 55.2 Å². The second-order valence-corrected chi connectivity index (χ2v) is 10.2.